The Morgan fingerprint density at radius 3 is 2.94 bits per heavy atom. The molecule has 0 aromatic heterocycles. The molecule has 2 rings (SSSR count). The van der Waals surface area contributed by atoms with Crippen LogP contribution in [0, 0.1) is 0 Å². The average molecular weight is 219 g/mol. The molecule has 0 saturated heterocycles. The second kappa shape index (κ2) is 4.88. The van der Waals surface area contributed by atoms with Crippen LogP contribution in [-0.4, -0.2) is 13.2 Å². The minimum absolute atomic E-state index is 0.465. The first kappa shape index (κ1) is 11.5. The number of benzene rings is 1. The van der Waals surface area contributed by atoms with Crippen molar-refractivity contribution in [3.63, 3.8) is 0 Å². The molecule has 1 aliphatic rings. The highest BCUT2D eigenvalue weighted by atomic mass is 16.5. The highest BCUT2D eigenvalue weighted by molar-refractivity contribution is 5.41. The van der Waals surface area contributed by atoms with Gasteiger partial charge < -0.3 is 10.1 Å². The maximum Gasteiger partial charge on any atom is 0.124 e. The van der Waals surface area contributed by atoms with E-state index in [0.29, 0.717) is 12.0 Å². The van der Waals surface area contributed by atoms with Gasteiger partial charge in [0.25, 0.3) is 0 Å². The quantitative estimate of drug-likeness (QED) is 0.842. The van der Waals surface area contributed by atoms with E-state index in [0.717, 1.165) is 25.3 Å². The van der Waals surface area contributed by atoms with E-state index in [1.807, 2.05) is 0 Å². The van der Waals surface area contributed by atoms with Crippen molar-refractivity contribution in [3.05, 3.63) is 29.3 Å². The van der Waals surface area contributed by atoms with Crippen molar-refractivity contribution in [1.82, 2.24) is 5.32 Å². The van der Waals surface area contributed by atoms with Crippen LogP contribution in [0.15, 0.2) is 18.2 Å². The smallest absolute Gasteiger partial charge is 0.124 e. The summed E-state index contributed by atoms with van der Waals surface area (Å²) in [6, 6.07) is 7.06. The predicted molar refractivity (Wildman–Crippen MR) is 67.1 cm³/mol. The van der Waals surface area contributed by atoms with Gasteiger partial charge in [0.2, 0.25) is 0 Å². The molecule has 16 heavy (non-hydrogen) atoms. The fourth-order valence-electron chi connectivity index (χ4n) is 2.23. The number of ether oxygens (including phenoxy) is 1. The molecule has 1 N–H and O–H groups in total. The number of fused-ring (bicyclic) bond motifs is 1. The summed E-state index contributed by atoms with van der Waals surface area (Å²) in [6.07, 6.45) is 1.07. The molecule has 2 nitrogen and oxygen atoms in total. The molecule has 0 amide bonds. The molecule has 0 aliphatic carbocycles. The van der Waals surface area contributed by atoms with Gasteiger partial charge in [-0.3, -0.25) is 0 Å². The Morgan fingerprint density at radius 1 is 1.44 bits per heavy atom. The summed E-state index contributed by atoms with van der Waals surface area (Å²) in [7, 11) is 0. The predicted octanol–water partition coefficient (Wildman–Crippen LogP) is 3.24. The Labute approximate surface area is 98.0 Å². The number of nitrogens with one attached hydrogen (secondary N) is 1. The van der Waals surface area contributed by atoms with E-state index in [4.69, 9.17) is 4.74 Å². The van der Waals surface area contributed by atoms with E-state index in [9.17, 15) is 0 Å². The highest BCUT2D eigenvalue weighted by Gasteiger charge is 2.21. The van der Waals surface area contributed by atoms with Crippen molar-refractivity contribution in [1.29, 1.82) is 0 Å². The maximum absolute atomic E-state index is 5.69. The summed E-state index contributed by atoms with van der Waals surface area (Å²) >= 11 is 0. The van der Waals surface area contributed by atoms with Crippen molar-refractivity contribution in [2.45, 2.75) is 39.2 Å². The zero-order chi connectivity index (χ0) is 11.5. The Bertz CT molecular complexity index is 360. The van der Waals surface area contributed by atoms with Crippen LogP contribution in [0.25, 0.3) is 0 Å². The zero-order valence-corrected chi connectivity index (χ0v) is 10.4. The van der Waals surface area contributed by atoms with Crippen molar-refractivity contribution < 1.29 is 4.74 Å². The van der Waals surface area contributed by atoms with Crippen molar-refractivity contribution in [2.24, 2.45) is 0 Å². The van der Waals surface area contributed by atoms with Gasteiger partial charge in [-0.05, 0) is 24.1 Å². The molecule has 0 saturated carbocycles. The van der Waals surface area contributed by atoms with Crippen molar-refractivity contribution in [3.8, 4) is 5.75 Å². The molecule has 1 aliphatic heterocycles. The molecule has 1 heterocycles. The second-order valence-corrected chi connectivity index (χ2v) is 4.70. The molecule has 1 unspecified atom stereocenters. The first-order valence-electron chi connectivity index (χ1n) is 6.22. The largest absolute Gasteiger partial charge is 0.493 e. The summed E-state index contributed by atoms with van der Waals surface area (Å²) in [5, 5.41) is 3.53. The van der Waals surface area contributed by atoms with Gasteiger partial charge in [0, 0.05) is 18.0 Å². The van der Waals surface area contributed by atoms with Crippen LogP contribution in [0.5, 0.6) is 5.75 Å². The van der Waals surface area contributed by atoms with Gasteiger partial charge in [-0.1, -0.05) is 32.9 Å². The standard InChI is InChI=1S/C14H21NO/c1-4-15-13-7-8-16-14-6-5-11(10(2)3)9-12(13)14/h5-6,9-10,13,15H,4,7-8H2,1-3H3. The molecule has 1 aromatic rings. The van der Waals surface area contributed by atoms with E-state index < -0.39 is 0 Å². The topological polar surface area (TPSA) is 21.3 Å². The molecule has 0 spiro atoms. The van der Waals surface area contributed by atoms with Crippen molar-refractivity contribution >= 4 is 0 Å². The lowest BCUT2D eigenvalue weighted by molar-refractivity contribution is 0.254. The second-order valence-electron chi connectivity index (χ2n) is 4.70. The lowest BCUT2D eigenvalue weighted by Gasteiger charge is -2.27. The van der Waals surface area contributed by atoms with Crippen LogP contribution in [-0.2, 0) is 0 Å². The van der Waals surface area contributed by atoms with Gasteiger partial charge in [0.1, 0.15) is 5.75 Å². The fourth-order valence-corrected chi connectivity index (χ4v) is 2.23. The number of rotatable bonds is 3. The first-order chi connectivity index (χ1) is 7.72. The maximum atomic E-state index is 5.69. The Morgan fingerprint density at radius 2 is 2.25 bits per heavy atom. The third kappa shape index (κ3) is 2.22. The summed E-state index contributed by atoms with van der Waals surface area (Å²) in [4.78, 5) is 0. The first-order valence-corrected chi connectivity index (χ1v) is 6.22. The zero-order valence-electron chi connectivity index (χ0n) is 10.4. The molecular formula is C14H21NO. The Balaban J connectivity index is 2.32. The summed E-state index contributed by atoms with van der Waals surface area (Å²) in [5.41, 5.74) is 2.73. The molecule has 1 atom stereocenters. The monoisotopic (exact) mass is 219 g/mol. The molecule has 1 aromatic carbocycles. The average Bonchev–Trinajstić information content (AvgIpc) is 2.29. The minimum Gasteiger partial charge on any atom is -0.493 e. The number of hydrogen-bond donors (Lipinski definition) is 1. The third-order valence-corrected chi connectivity index (χ3v) is 3.19. The summed E-state index contributed by atoms with van der Waals surface area (Å²) < 4.78 is 5.69. The van der Waals surface area contributed by atoms with E-state index in [2.05, 4.69) is 44.3 Å². The van der Waals surface area contributed by atoms with Crippen LogP contribution < -0.4 is 10.1 Å². The van der Waals surface area contributed by atoms with Crippen LogP contribution in [0.2, 0.25) is 0 Å². The number of hydrogen-bond acceptors (Lipinski definition) is 2. The van der Waals surface area contributed by atoms with E-state index in [1.54, 1.807) is 0 Å². The molecule has 0 bridgehead atoms. The van der Waals surface area contributed by atoms with Crippen molar-refractivity contribution in [2.75, 3.05) is 13.2 Å². The van der Waals surface area contributed by atoms with Gasteiger partial charge in [0.05, 0.1) is 6.61 Å². The van der Waals surface area contributed by atoms with Crippen LogP contribution in [0.3, 0.4) is 0 Å². The Hall–Kier alpha value is -1.02. The van der Waals surface area contributed by atoms with Gasteiger partial charge >= 0.3 is 0 Å². The lowest BCUT2D eigenvalue weighted by atomic mass is 9.94. The van der Waals surface area contributed by atoms with Crippen LogP contribution in [0.4, 0.5) is 0 Å². The summed E-state index contributed by atoms with van der Waals surface area (Å²) in [5.74, 6) is 1.64. The Kier molecular flexibility index (Phi) is 3.49. The fraction of sp³-hybridized carbons (Fsp3) is 0.571. The molecule has 88 valence electrons. The molecular weight excluding hydrogens is 198 g/mol. The lowest BCUT2D eigenvalue weighted by Crippen LogP contribution is -2.27. The van der Waals surface area contributed by atoms with E-state index in [-0.39, 0.29) is 0 Å². The summed E-state index contributed by atoms with van der Waals surface area (Å²) in [6.45, 7) is 8.45. The highest BCUT2D eigenvalue weighted by Crippen LogP contribution is 2.34. The SMILES string of the molecule is CCNC1CCOc2ccc(C(C)C)cc21. The third-order valence-electron chi connectivity index (χ3n) is 3.19. The van der Waals surface area contributed by atoms with E-state index >= 15 is 0 Å². The van der Waals surface area contributed by atoms with E-state index in [1.165, 1.54) is 11.1 Å². The molecule has 0 fully saturated rings. The van der Waals surface area contributed by atoms with Gasteiger partial charge in [-0.25, -0.2) is 0 Å². The molecule has 0 radical (unpaired) electrons. The molecule has 2 heteroatoms. The van der Waals surface area contributed by atoms with Gasteiger partial charge in [0.15, 0.2) is 0 Å². The minimum atomic E-state index is 0.465. The normalized spacial score (nSPS) is 19.4. The van der Waals surface area contributed by atoms with Gasteiger partial charge in [-0.2, -0.15) is 0 Å². The van der Waals surface area contributed by atoms with Gasteiger partial charge in [-0.15, -0.1) is 0 Å². The van der Waals surface area contributed by atoms with Crippen LogP contribution >= 0.6 is 0 Å². The van der Waals surface area contributed by atoms with Crippen LogP contribution in [0.1, 0.15) is 50.3 Å².